The molecule has 0 amide bonds. The highest BCUT2D eigenvalue weighted by molar-refractivity contribution is 9.10. The Kier molecular flexibility index (Phi) is 5.13. The molecule has 2 unspecified atom stereocenters. The van der Waals surface area contributed by atoms with Gasteiger partial charge in [0.1, 0.15) is 0 Å². The summed E-state index contributed by atoms with van der Waals surface area (Å²) in [5.41, 5.74) is 1.23. The molecule has 1 N–H and O–H groups in total. The Bertz CT molecular complexity index is 480. The molecule has 0 aliphatic carbocycles. The van der Waals surface area contributed by atoms with E-state index in [2.05, 4.69) is 45.2 Å². The van der Waals surface area contributed by atoms with Crippen LogP contribution in [0.4, 0.5) is 5.69 Å². The molecule has 2 nitrogen and oxygen atoms in total. The molecule has 2 atom stereocenters. The number of nitrogens with zero attached hydrogens (tertiary/aromatic N) is 1. The maximum atomic E-state index is 6.51. The number of fused-ring (bicyclic) bond motifs is 2. The number of nitrogens with one attached hydrogen (secondary N) is 1. The van der Waals surface area contributed by atoms with Gasteiger partial charge in [-0.15, -0.1) is 0 Å². The smallest absolute Gasteiger partial charge is 0.0650 e. The van der Waals surface area contributed by atoms with E-state index < -0.39 is 0 Å². The number of hydrogen-bond acceptors (Lipinski definition) is 2. The van der Waals surface area contributed by atoms with Crippen molar-refractivity contribution in [1.82, 2.24) is 5.32 Å². The monoisotopic (exact) mass is 370 g/mol. The lowest BCUT2D eigenvalue weighted by Gasteiger charge is -2.50. The number of halogens is 2. The number of piperidine rings is 2. The highest BCUT2D eigenvalue weighted by atomic mass is 79.9. The van der Waals surface area contributed by atoms with Crippen LogP contribution in [0, 0.1) is 0 Å². The summed E-state index contributed by atoms with van der Waals surface area (Å²) < 4.78 is 1.06. The van der Waals surface area contributed by atoms with Gasteiger partial charge in [0.15, 0.2) is 0 Å². The third kappa shape index (κ3) is 3.40. The molecule has 116 valence electrons. The predicted molar refractivity (Wildman–Crippen MR) is 94.4 cm³/mol. The Labute approximate surface area is 141 Å². The van der Waals surface area contributed by atoms with Crippen LogP contribution >= 0.6 is 27.5 Å². The van der Waals surface area contributed by atoms with Crippen molar-refractivity contribution in [2.75, 3.05) is 11.4 Å². The molecule has 2 aliphatic rings. The van der Waals surface area contributed by atoms with Crippen LogP contribution in [0.5, 0.6) is 0 Å². The fourth-order valence-electron chi connectivity index (χ4n) is 3.98. The van der Waals surface area contributed by atoms with Gasteiger partial charge in [0.2, 0.25) is 0 Å². The summed E-state index contributed by atoms with van der Waals surface area (Å²) in [6.07, 6.45) is 7.68. The van der Waals surface area contributed by atoms with Crippen molar-refractivity contribution in [2.45, 2.75) is 63.6 Å². The van der Waals surface area contributed by atoms with Gasteiger partial charge >= 0.3 is 0 Å². The summed E-state index contributed by atoms with van der Waals surface area (Å²) in [5, 5.41) is 4.60. The van der Waals surface area contributed by atoms with Crippen molar-refractivity contribution in [1.29, 1.82) is 0 Å². The second-order valence-electron chi connectivity index (χ2n) is 6.36. The minimum atomic E-state index is 0.644. The normalized spacial score (nSPS) is 28.7. The van der Waals surface area contributed by atoms with Crippen LogP contribution in [0.1, 0.15) is 45.4 Å². The van der Waals surface area contributed by atoms with Crippen molar-refractivity contribution in [3.63, 3.8) is 0 Å². The molecule has 0 radical (unpaired) electrons. The zero-order chi connectivity index (χ0) is 14.8. The van der Waals surface area contributed by atoms with E-state index in [9.17, 15) is 0 Å². The molecule has 0 aromatic heterocycles. The van der Waals surface area contributed by atoms with Gasteiger partial charge in [-0.2, -0.15) is 0 Å². The van der Waals surface area contributed by atoms with Gasteiger partial charge in [-0.05, 0) is 63.3 Å². The topological polar surface area (TPSA) is 15.3 Å². The Morgan fingerprint density at radius 1 is 1.29 bits per heavy atom. The quantitative estimate of drug-likeness (QED) is 0.802. The van der Waals surface area contributed by atoms with Gasteiger partial charge in [0.05, 0.1) is 10.7 Å². The van der Waals surface area contributed by atoms with Crippen molar-refractivity contribution >= 4 is 33.2 Å². The molecule has 21 heavy (non-hydrogen) atoms. The largest absolute Gasteiger partial charge is 0.364 e. The number of benzene rings is 1. The minimum Gasteiger partial charge on any atom is -0.364 e. The molecule has 1 aromatic rings. The number of anilines is 1. The van der Waals surface area contributed by atoms with E-state index in [1.54, 1.807) is 0 Å². The lowest BCUT2D eigenvalue weighted by atomic mass is 9.81. The Balaban J connectivity index is 1.80. The van der Waals surface area contributed by atoms with Crippen molar-refractivity contribution in [3.8, 4) is 0 Å². The molecule has 2 heterocycles. The molecular weight excluding hydrogens is 348 g/mol. The second-order valence-corrected chi connectivity index (χ2v) is 7.69. The average Bonchev–Trinajstić information content (AvgIpc) is 2.44. The molecule has 2 fully saturated rings. The van der Waals surface area contributed by atoms with E-state index in [0.29, 0.717) is 18.1 Å². The standard InChI is InChI=1S/C17H24BrClN2/c1-2-8-20-13-10-14-4-3-5-15(11-13)21(14)17-7-6-12(18)9-16(17)19/h6-7,9,13-15,20H,2-5,8,10-11H2,1H3. The first kappa shape index (κ1) is 15.6. The van der Waals surface area contributed by atoms with Gasteiger partial charge in [0.25, 0.3) is 0 Å². The summed E-state index contributed by atoms with van der Waals surface area (Å²) in [4.78, 5) is 2.61. The third-order valence-electron chi connectivity index (χ3n) is 4.85. The molecule has 3 rings (SSSR count). The van der Waals surface area contributed by atoms with Gasteiger partial charge < -0.3 is 10.2 Å². The summed E-state index contributed by atoms with van der Waals surface area (Å²) in [7, 11) is 0. The van der Waals surface area contributed by atoms with E-state index in [4.69, 9.17) is 11.6 Å². The van der Waals surface area contributed by atoms with Gasteiger partial charge in [-0.25, -0.2) is 0 Å². The number of rotatable bonds is 4. The lowest BCUT2D eigenvalue weighted by Crippen LogP contribution is -2.56. The van der Waals surface area contributed by atoms with Gasteiger partial charge in [-0.3, -0.25) is 0 Å². The fourth-order valence-corrected chi connectivity index (χ4v) is 4.75. The Morgan fingerprint density at radius 3 is 2.62 bits per heavy atom. The SMILES string of the molecule is CCCNC1CC2CCCC(C1)N2c1ccc(Br)cc1Cl. The van der Waals surface area contributed by atoms with Gasteiger partial charge in [0, 0.05) is 22.6 Å². The van der Waals surface area contributed by atoms with Crippen molar-refractivity contribution in [2.24, 2.45) is 0 Å². The average molecular weight is 372 g/mol. The van der Waals surface area contributed by atoms with E-state index in [0.717, 1.165) is 16.0 Å². The van der Waals surface area contributed by atoms with Crippen LogP contribution in [-0.2, 0) is 0 Å². The van der Waals surface area contributed by atoms with E-state index in [-0.39, 0.29) is 0 Å². The maximum Gasteiger partial charge on any atom is 0.0650 e. The summed E-state index contributed by atoms with van der Waals surface area (Å²) in [6.45, 7) is 3.38. The van der Waals surface area contributed by atoms with Crippen LogP contribution in [0.3, 0.4) is 0 Å². The van der Waals surface area contributed by atoms with Crippen LogP contribution in [0.25, 0.3) is 0 Å². The molecule has 4 heteroatoms. The highest BCUT2D eigenvalue weighted by Gasteiger charge is 2.38. The van der Waals surface area contributed by atoms with Crippen molar-refractivity contribution in [3.05, 3.63) is 27.7 Å². The summed E-state index contributed by atoms with van der Waals surface area (Å²) in [5.74, 6) is 0. The second kappa shape index (κ2) is 6.89. The first-order chi connectivity index (χ1) is 10.2. The Hall–Kier alpha value is -0.250. The molecule has 2 aliphatic heterocycles. The predicted octanol–water partition coefficient (Wildman–Crippen LogP) is 4.99. The van der Waals surface area contributed by atoms with E-state index in [1.807, 2.05) is 6.07 Å². The van der Waals surface area contributed by atoms with E-state index in [1.165, 1.54) is 44.2 Å². The van der Waals surface area contributed by atoms with Crippen LogP contribution < -0.4 is 10.2 Å². The fraction of sp³-hybridized carbons (Fsp3) is 0.647. The number of hydrogen-bond donors (Lipinski definition) is 1. The molecule has 0 spiro atoms. The third-order valence-corrected chi connectivity index (χ3v) is 5.64. The highest BCUT2D eigenvalue weighted by Crippen LogP contribution is 2.41. The molecule has 1 aromatic carbocycles. The molecular formula is C17H24BrClN2. The molecule has 2 saturated heterocycles. The molecule has 0 saturated carbocycles. The summed E-state index contributed by atoms with van der Waals surface area (Å²) >= 11 is 10.0. The molecule has 2 bridgehead atoms. The first-order valence-electron chi connectivity index (χ1n) is 8.15. The van der Waals surface area contributed by atoms with Crippen LogP contribution in [-0.4, -0.2) is 24.7 Å². The zero-order valence-corrected chi connectivity index (χ0v) is 15.0. The van der Waals surface area contributed by atoms with Crippen molar-refractivity contribution < 1.29 is 0 Å². The van der Waals surface area contributed by atoms with E-state index >= 15 is 0 Å². The Morgan fingerprint density at radius 2 is 2.00 bits per heavy atom. The van der Waals surface area contributed by atoms with Gasteiger partial charge in [-0.1, -0.05) is 34.5 Å². The minimum absolute atomic E-state index is 0.644. The first-order valence-corrected chi connectivity index (χ1v) is 9.33. The zero-order valence-electron chi connectivity index (χ0n) is 12.6. The van der Waals surface area contributed by atoms with Crippen LogP contribution in [0.2, 0.25) is 5.02 Å². The lowest BCUT2D eigenvalue weighted by molar-refractivity contribution is 0.246. The van der Waals surface area contributed by atoms with Crippen LogP contribution in [0.15, 0.2) is 22.7 Å². The maximum absolute atomic E-state index is 6.51. The summed E-state index contributed by atoms with van der Waals surface area (Å²) in [6, 6.07) is 8.28.